The highest BCUT2D eigenvalue weighted by Crippen LogP contribution is 2.18. The number of piperazine rings is 1. The van der Waals surface area contributed by atoms with Gasteiger partial charge in [-0.2, -0.15) is 0 Å². The molecule has 1 fully saturated rings. The van der Waals surface area contributed by atoms with E-state index in [1.165, 1.54) is 16.8 Å². The minimum Gasteiger partial charge on any atom is -0.369 e. The maximum absolute atomic E-state index is 2.56. The van der Waals surface area contributed by atoms with Crippen molar-refractivity contribution in [2.75, 3.05) is 31.1 Å². The first kappa shape index (κ1) is 15.1. The minimum atomic E-state index is 0.614. The van der Waals surface area contributed by atoms with Crippen LogP contribution in [0.2, 0.25) is 0 Å². The fourth-order valence-corrected chi connectivity index (χ4v) is 3.07. The second-order valence-electron chi connectivity index (χ2n) is 6.50. The number of para-hydroxylation sites is 1. The summed E-state index contributed by atoms with van der Waals surface area (Å²) in [4.78, 5) is 5.04. The third-order valence-corrected chi connectivity index (χ3v) is 4.55. The van der Waals surface area contributed by atoms with Crippen molar-refractivity contribution in [3.63, 3.8) is 0 Å². The fourth-order valence-electron chi connectivity index (χ4n) is 3.07. The molecule has 2 aromatic carbocycles. The number of rotatable bonds is 4. The standard InChI is InChI=1S/C20H26N2/c1-17(2)19-10-8-18(9-11-19)16-21-12-14-22(15-13-21)20-6-4-3-5-7-20/h3-11,17H,12-16H2,1-2H3. The van der Waals surface area contributed by atoms with Gasteiger partial charge in [0.25, 0.3) is 0 Å². The Labute approximate surface area is 134 Å². The van der Waals surface area contributed by atoms with Crippen LogP contribution in [0.5, 0.6) is 0 Å². The zero-order valence-electron chi connectivity index (χ0n) is 13.7. The fraction of sp³-hybridized carbons (Fsp3) is 0.400. The van der Waals surface area contributed by atoms with Crippen molar-refractivity contribution in [3.8, 4) is 0 Å². The summed E-state index contributed by atoms with van der Waals surface area (Å²) in [6, 6.07) is 19.9. The third kappa shape index (κ3) is 3.69. The van der Waals surface area contributed by atoms with Crippen molar-refractivity contribution >= 4 is 5.69 Å². The molecule has 2 heteroatoms. The molecule has 0 amide bonds. The van der Waals surface area contributed by atoms with Gasteiger partial charge in [0.2, 0.25) is 0 Å². The summed E-state index contributed by atoms with van der Waals surface area (Å²) in [5.74, 6) is 0.614. The van der Waals surface area contributed by atoms with E-state index in [1.807, 2.05) is 0 Å². The van der Waals surface area contributed by atoms with E-state index in [0.29, 0.717) is 5.92 Å². The van der Waals surface area contributed by atoms with Gasteiger partial charge in [0.15, 0.2) is 0 Å². The highest BCUT2D eigenvalue weighted by Gasteiger charge is 2.17. The maximum atomic E-state index is 2.56. The molecule has 22 heavy (non-hydrogen) atoms. The molecular weight excluding hydrogens is 268 g/mol. The lowest BCUT2D eigenvalue weighted by Crippen LogP contribution is -2.45. The van der Waals surface area contributed by atoms with Crippen molar-refractivity contribution < 1.29 is 0 Å². The molecule has 1 aliphatic rings. The number of nitrogens with zero attached hydrogens (tertiary/aromatic N) is 2. The van der Waals surface area contributed by atoms with Crippen LogP contribution in [0.25, 0.3) is 0 Å². The summed E-state index contributed by atoms with van der Waals surface area (Å²) in [6.45, 7) is 10.1. The predicted molar refractivity (Wildman–Crippen MR) is 94.5 cm³/mol. The summed E-state index contributed by atoms with van der Waals surface area (Å²) in [5.41, 5.74) is 4.21. The van der Waals surface area contributed by atoms with E-state index >= 15 is 0 Å². The second kappa shape index (κ2) is 6.97. The van der Waals surface area contributed by atoms with Crippen LogP contribution >= 0.6 is 0 Å². The Morgan fingerprint density at radius 2 is 1.45 bits per heavy atom. The number of anilines is 1. The molecule has 2 aromatic rings. The molecule has 0 aliphatic carbocycles. The van der Waals surface area contributed by atoms with Gasteiger partial charge in [-0.3, -0.25) is 4.90 Å². The molecule has 1 aliphatic heterocycles. The Kier molecular flexibility index (Phi) is 4.79. The van der Waals surface area contributed by atoms with Crippen LogP contribution in [-0.2, 0) is 6.54 Å². The quantitative estimate of drug-likeness (QED) is 0.836. The van der Waals surface area contributed by atoms with Crippen molar-refractivity contribution in [1.29, 1.82) is 0 Å². The predicted octanol–water partition coefficient (Wildman–Crippen LogP) is 4.13. The maximum Gasteiger partial charge on any atom is 0.0367 e. The third-order valence-electron chi connectivity index (χ3n) is 4.55. The smallest absolute Gasteiger partial charge is 0.0367 e. The monoisotopic (exact) mass is 294 g/mol. The second-order valence-corrected chi connectivity index (χ2v) is 6.50. The summed E-state index contributed by atoms with van der Waals surface area (Å²) >= 11 is 0. The van der Waals surface area contributed by atoms with Gasteiger partial charge in [-0.25, -0.2) is 0 Å². The largest absolute Gasteiger partial charge is 0.369 e. The molecule has 0 aromatic heterocycles. The summed E-state index contributed by atoms with van der Waals surface area (Å²) in [7, 11) is 0. The van der Waals surface area contributed by atoms with Gasteiger partial charge in [0.1, 0.15) is 0 Å². The molecule has 116 valence electrons. The van der Waals surface area contributed by atoms with Gasteiger partial charge in [-0.05, 0) is 29.2 Å². The molecule has 0 N–H and O–H groups in total. The summed E-state index contributed by atoms with van der Waals surface area (Å²) in [6.07, 6.45) is 0. The Morgan fingerprint density at radius 1 is 0.818 bits per heavy atom. The Hall–Kier alpha value is -1.80. The lowest BCUT2D eigenvalue weighted by molar-refractivity contribution is 0.250. The van der Waals surface area contributed by atoms with Gasteiger partial charge >= 0.3 is 0 Å². The molecule has 0 saturated carbocycles. The topological polar surface area (TPSA) is 6.48 Å². The molecule has 1 heterocycles. The molecule has 0 atom stereocenters. The SMILES string of the molecule is CC(C)c1ccc(CN2CCN(c3ccccc3)CC2)cc1. The molecule has 1 saturated heterocycles. The van der Waals surface area contributed by atoms with Gasteiger partial charge in [-0.1, -0.05) is 56.3 Å². The lowest BCUT2D eigenvalue weighted by Gasteiger charge is -2.36. The van der Waals surface area contributed by atoms with E-state index in [4.69, 9.17) is 0 Å². The highest BCUT2D eigenvalue weighted by molar-refractivity contribution is 5.46. The normalized spacial score (nSPS) is 16.2. The van der Waals surface area contributed by atoms with Crippen molar-refractivity contribution in [1.82, 2.24) is 4.90 Å². The lowest BCUT2D eigenvalue weighted by atomic mass is 10.0. The van der Waals surface area contributed by atoms with Crippen molar-refractivity contribution in [2.24, 2.45) is 0 Å². The van der Waals surface area contributed by atoms with Crippen LogP contribution in [0.1, 0.15) is 30.9 Å². The average molecular weight is 294 g/mol. The van der Waals surface area contributed by atoms with E-state index in [1.54, 1.807) is 0 Å². The molecule has 3 rings (SSSR count). The van der Waals surface area contributed by atoms with Gasteiger partial charge in [0.05, 0.1) is 0 Å². The molecular formula is C20H26N2. The van der Waals surface area contributed by atoms with Gasteiger partial charge < -0.3 is 4.90 Å². The molecule has 0 bridgehead atoms. The molecule has 0 unspecified atom stereocenters. The van der Waals surface area contributed by atoms with E-state index in [-0.39, 0.29) is 0 Å². The van der Waals surface area contributed by atoms with Crippen LogP contribution in [0.15, 0.2) is 54.6 Å². The van der Waals surface area contributed by atoms with Gasteiger partial charge in [0, 0.05) is 38.4 Å². The zero-order chi connectivity index (χ0) is 15.4. The first-order valence-corrected chi connectivity index (χ1v) is 8.33. The number of hydrogen-bond donors (Lipinski definition) is 0. The first-order chi connectivity index (χ1) is 10.7. The Balaban J connectivity index is 1.53. The van der Waals surface area contributed by atoms with Crippen LogP contribution in [0, 0.1) is 0 Å². The Bertz CT molecular complexity index is 566. The van der Waals surface area contributed by atoms with Crippen LogP contribution in [0.3, 0.4) is 0 Å². The van der Waals surface area contributed by atoms with E-state index in [9.17, 15) is 0 Å². The van der Waals surface area contributed by atoms with Crippen LogP contribution < -0.4 is 4.90 Å². The molecule has 0 spiro atoms. The first-order valence-electron chi connectivity index (χ1n) is 8.33. The van der Waals surface area contributed by atoms with E-state index in [2.05, 4.69) is 78.2 Å². The van der Waals surface area contributed by atoms with Crippen LogP contribution in [-0.4, -0.2) is 31.1 Å². The summed E-state index contributed by atoms with van der Waals surface area (Å²) in [5, 5.41) is 0. The van der Waals surface area contributed by atoms with Crippen molar-refractivity contribution in [2.45, 2.75) is 26.3 Å². The Morgan fingerprint density at radius 3 is 2.05 bits per heavy atom. The number of hydrogen-bond acceptors (Lipinski definition) is 2. The highest BCUT2D eigenvalue weighted by atomic mass is 15.3. The average Bonchev–Trinajstić information content (AvgIpc) is 2.57. The zero-order valence-corrected chi connectivity index (χ0v) is 13.7. The van der Waals surface area contributed by atoms with Gasteiger partial charge in [-0.15, -0.1) is 0 Å². The molecule has 0 radical (unpaired) electrons. The number of benzene rings is 2. The minimum absolute atomic E-state index is 0.614. The van der Waals surface area contributed by atoms with Crippen LogP contribution in [0.4, 0.5) is 5.69 Å². The van der Waals surface area contributed by atoms with E-state index < -0.39 is 0 Å². The summed E-state index contributed by atoms with van der Waals surface area (Å²) < 4.78 is 0. The van der Waals surface area contributed by atoms with E-state index in [0.717, 1.165) is 32.7 Å². The molecule has 2 nitrogen and oxygen atoms in total. The van der Waals surface area contributed by atoms with Crippen molar-refractivity contribution in [3.05, 3.63) is 65.7 Å².